The standard InChI is InChI=1S/C15H18FN5O/c1-21(2)7-6-17-15(22)13-9-19-14(10-18-13)20-12-5-3-4-11(16)8-12/h3-5,8-10H,6-7H2,1-2H3,(H,17,22)(H,19,20). The SMILES string of the molecule is CN(C)CCNC(=O)c1cnc(Nc2cccc(F)c2)cn1. The minimum atomic E-state index is -0.338. The predicted molar refractivity (Wildman–Crippen MR) is 82.6 cm³/mol. The molecule has 0 aliphatic carbocycles. The van der Waals surface area contributed by atoms with Crippen LogP contribution >= 0.6 is 0 Å². The Hall–Kier alpha value is -2.54. The zero-order chi connectivity index (χ0) is 15.9. The number of carbonyl (C=O) groups excluding carboxylic acids is 1. The first-order valence-electron chi connectivity index (χ1n) is 6.82. The third-order valence-electron chi connectivity index (χ3n) is 2.83. The van der Waals surface area contributed by atoms with E-state index in [0.29, 0.717) is 18.1 Å². The summed E-state index contributed by atoms with van der Waals surface area (Å²) in [6, 6.07) is 6.02. The van der Waals surface area contributed by atoms with Crippen LogP contribution in [0.3, 0.4) is 0 Å². The summed E-state index contributed by atoms with van der Waals surface area (Å²) in [7, 11) is 3.86. The first kappa shape index (κ1) is 15.8. The molecule has 0 unspecified atom stereocenters. The molecule has 0 fully saturated rings. The zero-order valence-corrected chi connectivity index (χ0v) is 12.5. The lowest BCUT2D eigenvalue weighted by Gasteiger charge is -2.10. The highest BCUT2D eigenvalue weighted by molar-refractivity contribution is 5.92. The van der Waals surface area contributed by atoms with Gasteiger partial charge in [0.2, 0.25) is 0 Å². The Balaban J connectivity index is 1.93. The van der Waals surface area contributed by atoms with Crippen molar-refractivity contribution in [1.29, 1.82) is 0 Å². The maximum atomic E-state index is 13.1. The number of halogens is 1. The molecule has 7 heteroatoms. The molecule has 0 aliphatic rings. The molecule has 2 rings (SSSR count). The van der Waals surface area contributed by atoms with E-state index in [-0.39, 0.29) is 17.4 Å². The van der Waals surface area contributed by atoms with Crippen molar-refractivity contribution < 1.29 is 9.18 Å². The van der Waals surface area contributed by atoms with E-state index in [1.165, 1.54) is 24.5 Å². The highest BCUT2D eigenvalue weighted by atomic mass is 19.1. The number of rotatable bonds is 6. The van der Waals surface area contributed by atoms with Gasteiger partial charge in [-0.2, -0.15) is 0 Å². The van der Waals surface area contributed by atoms with Crippen LogP contribution in [0.25, 0.3) is 0 Å². The van der Waals surface area contributed by atoms with Gasteiger partial charge in [0.25, 0.3) is 5.91 Å². The molecule has 0 bridgehead atoms. The quantitative estimate of drug-likeness (QED) is 0.849. The first-order chi connectivity index (χ1) is 10.5. The van der Waals surface area contributed by atoms with Crippen LogP contribution in [0.4, 0.5) is 15.9 Å². The minimum Gasteiger partial charge on any atom is -0.349 e. The van der Waals surface area contributed by atoms with Crippen molar-refractivity contribution in [3.05, 3.63) is 48.2 Å². The topological polar surface area (TPSA) is 70.2 Å². The van der Waals surface area contributed by atoms with Crippen molar-refractivity contribution in [3.8, 4) is 0 Å². The van der Waals surface area contributed by atoms with E-state index in [1.54, 1.807) is 12.1 Å². The Bertz CT molecular complexity index is 630. The third kappa shape index (κ3) is 4.78. The van der Waals surface area contributed by atoms with Gasteiger partial charge in [-0.25, -0.2) is 14.4 Å². The molecule has 1 aromatic carbocycles. The second-order valence-corrected chi connectivity index (χ2v) is 4.98. The van der Waals surface area contributed by atoms with E-state index < -0.39 is 0 Å². The van der Waals surface area contributed by atoms with Crippen molar-refractivity contribution in [2.24, 2.45) is 0 Å². The van der Waals surface area contributed by atoms with Crippen molar-refractivity contribution in [2.75, 3.05) is 32.5 Å². The predicted octanol–water partition coefficient (Wildman–Crippen LogP) is 1.65. The normalized spacial score (nSPS) is 10.5. The molecule has 2 N–H and O–H groups in total. The lowest BCUT2D eigenvalue weighted by molar-refractivity contribution is 0.0945. The number of anilines is 2. The molecule has 1 heterocycles. The monoisotopic (exact) mass is 303 g/mol. The lowest BCUT2D eigenvalue weighted by Crippen LogP contribution is -2.31. The zero-order valence-electron chi connectivity index (χ0n) is 12.5. The Morgan fingerprint density at radius 1 is 1.27 bits per heavy atom. The van der Waals surface area contributed by atoms with E-state index >= 15 is 0 Å². The fraction of sp³-hybridized carbons (Fsp3) is 0.267. The van der Waals surface area contributed by atoms with Crippen LogP contribution < -0.4 is 10.6 Å². The largest absolute Gasteiger partial charge is 0.349 e. The van der Waals surface area contributed by atoms with Crippen LogP contribution in [-0.2, 0) is 0 Å². The van der Waals surface area contributed by atoms with Gasteiger partial charge < -0.3 is 15.5 Å². The maximum Gasteiger partial charge on any atom is 0.271 e. The summed E-state index contributed by atoms with van der Waals surface area (Å²) in [5, 5.41) is 5.67. The molecule has 1 aromatic heterocycles. The summed E-state index contributed by atoms with van der Waals surface area (Å²) in [5.41, 5.74) is 0.807. The molecule has 22 heavy (non-hydrogen) atoms. The number of amides is 1. The Morgan fingerprint density at radius 2 is 2.09 bits per heavy atom. The van der Waals surface area contributed by atoms with Crippen molar-refractivity contribution in [3.63, 3.8) is 0 Å². The van der Waals surface area contributed by atoms with Crippen LogP contribution in [0.1, 0.15) is 10.5 Å². The Morgan fingerprint density at radius 3 is 2.73 bits per heavy atom. The first-order valence-corrected chi connectivity index (χ1v) is 6.82. The summed E-state index contributed by atoms with van der Waals surface area (Å²) in [6.45, 7) is 1.29. The molecule has 6 nitrogen and oxygen atoms in total. The molecular weight excluding hydrogens is 285 g/mol. The minimum absolute atomic E-state index is 0.239. The number of benzene rings is 1. The van der Waals surface area contributed by atoms with Gasteiger partial charge in [-0.15, -0.1) is 0 Å². The van der Waals surface area contributed by atoms with Gasteiger partial charge in [-0.3, -0.25) is 4.79 Å². The van der Waals surface area contributed by atoms with Crippen LogP contribution in [0.15, 0.2) is 36.7 Å². The average molecular weight is 303 g/mol. The van der Waals surface area contributed by atoms with E-state index in [9.17, 15) is 9.18 Å². The highest BCUT2D eigenvalue weighted by Crippen LogP contribution is 2.14. The van der Waals surface area contributed by atoms with Gasteiger partial charge in [-0.05, 0) is 32.3 Å². The Labute approximate surface area is 128 Å². The summed E-state index contributed by atoms with van der Waals surface area (Å²) < 4.78 is 13.1. The summed E-state index contributed by atoms with van der Waals surface area (Å²) in [4.78, 5) is 22.0. The number of nitrogens with one attached hydrogen (secondary N) is 2. The van der Waals surface area contributed by atoms with Crippen LogP contribution in [-0.4, -0.2) is 48.0 Å². The summed E-state index contributed by atoms with van der Waals surface area (Å²) in [6.07, 6.45) is 2.82. The molecule has 0 aliphatic heterocycles. The number of likely N-dealkylation sites (N-methyl/N-ethyl adjacent to an activating group) is 1. The molecular formula is C15H18FN5O. The molecule has 0 radical (unpaired) electrons. The van der Waals surface area contributed by atoms with Crippen LogP contribution in [0.2, 0.25) is 0 Å². The average Bonchev–Trinajstić information content (AvgIpc) is 2.47. The van der Waals surface area contributed by atoms with E-state index in [2.05, 4.69) is 20.6 Å². The number of nitrogens with zero attached hydrogens (tertiary/aromatic N) is 3. The van der Waals surface area contributed by atoms with Gasteiger partial charge in [0.05, 0.1) is 12.4 Å². The van der Waals surface area contributed by atoms with Crippen molar-refractivity contribution >= 4 is 17.4 Å². The second-order valence-electron chi connectivity index (χ2n) is 4.98. The maximum absolute atomic E-state index is 13.1. The molecule has 116 valence electrons. The smallest absolute Gasteiger partial charge is 0.271 e. The van der Waals surface area contributed by atoms with Crippen molar-refractivity contribution in [2.45, 2.75) is 0 Å². The van der Waals surface area contributed by atoms with E-state index in [4.69, 9.17) is 0 Å². The molecule has 1 amide bonds. The lowest BCUT2D eigenvalue weighted by atomic mass is 10.3. The van der Waals surface area contributed by atoms with Crippen molar-refractivity contribution in [1.82, 2.24) is 20.2 Å². The second kappa shape index (κ2) is 7.46. The van der Waals surface area contributed by atoms with Crippen LogP contribution in [0, 0.1) is 5.82 Å². The van der Waals surface area contributed by atoms with Gasteiger partial charge in [0.15, 0.2) is 0 Å². The number of hydrogen-bond donors (Lipinski definition) is 2. The van der Waals surface area contributed by atoms with E-state index in [1.807, 2.05) is 19.0 Å². The number of carbonyl (C=O) groups is 1. The fourth-order valence-corrected chi connectivity index (χ4v) is 1.71. The summed E-state index contributed by atoms with van der Waals surface area (Å²) >= 11 is 0. The Kier molecular flexibility index (Phi) is 5.37. The highest BCUT2D eigenvalue weighted by Gasteiger charge is 2.07. The van der Waals surface area contributed by atoms with Gasteiger partial charge in [0.1, 0.15) is 17.3 Å². The fourth-order valence-electron chi connectivity index (χ4n) is 1.71. The molecule has 0 spiro atoms. The third-order valence-corrected chi connectivity index (χ3v) is 2.83. The molecule has 2 aromatic rings. The van der Waals surface area contributed by atoms with Crippen LogP contribution in [0.5, 0.6) is 0 Å². The summed E-state index contributed by atoms with van der Waals surface area (Å²) in [5.74, 6) is -0.169. The van der Waals surface area contributed by atoms with Gasteiger partial charge in [0, 0.05) is 18.8 Å². The molecule has 0 saturated heterocycles. The van der Waals surface area contributed by atoms with Gasteiger partial charge >= 0.3 is 0 Å². The molecule has 0 saturated carbocycles. The number of hydrogen-bond acceptors (Lipinski definition) is 5. The number of aromatic nitrogens is 2. The van der Waals surface area contributed by atoms with E-state index in [0.717, 1.165) is 6.54 Å². The molecule has 0 atom stereocenters. The van der Waals surface area contributed by atoms with Gasteiger partial charge in [-0.1, -0.05) is 6.07 Å².